The van der Waals surface area contributed by atoms with E-state index in [0.29, 0.717) is 6.04 Å². The maximum atomic E-state index is 4.49. The van der Waals surface area contributed by atoms with Gasteiger partial charge in [-0.1, -0.05) is 13.3 Å². The number of aryl methyl sites for hydroxylation is 1. The highest BCUT2D eigenvalue weighted by Crippen LogP contribution is 2.32. The second-order valence-corrected chi connectivity index (χ2v) is 5.22. The second-order valence-electron chi connectivity index (χ2n) is 5.22. The smallest absolute Gasteiger partial charge is 0.125 e. The molecular formula is C15H25N3. The predicted molar refractivity (Wildman–Crippen MR) is 77.0 cm³/mol. The van der Waals surface area contributed by atoms with Gasteiger partial charge in [-0.25, -0.2) is 4.98 Å². The molecular weight excluding hydrogens is 222 g/mol. The Hall–Kier alpha value is -1.09. The largest absolute Gasteiger partial charge is 0.373 e. The quantitative estimate of drug-likeness (QED) is 0.884. The van der Waals surface area contributed by atoms with E-state index in [-0.39, 0.29) is 0 Å². The Bertz CT molecular complexity index is 387. The van der Waals surface area contributed by atoms with Gasteiger partial charge >= 0.3 is 0 Å². The molecule has 0 saturated carbocycles. The van der Waals surface area contributed by atoms with Crippen molar-refractivity contribution in [2.24, 2.45) is 0 Å². The summed E-state index contributed by atoms with van der Waals surface area (Å²) in [5.74, 6) is 0.967. The molecule has 2 rings (SSSR count). The third-order valence-electron chi connectivity index (χ3n) is 3.89. The Morgan fingerprint density at radius 3 is 2.94 bits per heavy atom. The maximum absolute atomic E-state index is 4.49. The summed E-state index contributed by atoms with van der Waals surface area (Å²) in [5.41, 5.74) is 2.78. The highest BCUT2D eigenvalue weighted by Gasteiger charge is 2.24. The Labute approximate surface area is 111 Å². The number of nitrogens with one attached hydrogen (secondary N) is 1. The minimum atomic E-state index is 0.581. The average molecular weight is 247 g/mol. The maximum Gasteiger partial charge on any atom is 0.125 e. The molecule has 100 valence electrons. The van der Waals surface area contributed by atoms with E-state index >= 15 is 0 Å². The minimum absolute atomic E-state index is 0.581. The van der Waals surface area contributed by atoms with Gasteiger partial charge < -0.3 is 5.32 Å². The van der Waals surface area contributed by atoms with Crippen molar-refractivity contribution in [1.29, 1.82) is 0 Å². The van der Waals surface area contributed by atoms with E-state index in [1.54, 1.807) is 0 Å². The molecule has 0 amide bonds. The van der Waals surface area contributed by atoms with Crippen molar-refractivity contribution in [2.45, 2.75) is 45.6 Å². The average Bonchev–Trinajstić information content (AvgIpc) is 2.40. The molecule has 1 atom stereocenters. The summed E-state index contributed by atoms with van der Waals surface area (Å²) in [6, 6.07) is 2.74. The Morgan fingerprint density at radius 1 is 1.44 bits per heavy atom. The summed E-state index contributed by atoms with van der Waals surface area (Å²) in [4.78, 5) is 7.12. The number of likely N-dealkylation sites (tertiary alicyclic amines) is 1. The number of rotatable bonds is 4. The zero-order valence-corrected chi connectivity index (χ0v) is 11.9. The highest BCUT2D eigenvalue weighted by molar-refractivity contribution is 5.41. The van der Waals surface area contributed by atoms with Crippen LogP contribution >= 0.6 is 0 Å². The van der Waals surface area contributed by atoms with Crippen LogP contribution in [-0.2, 0) is 0 Å². The van der Waals surface area contributed by atoms with E-state index in [9.17, 15) is 0 Å². The molecule has 18 heavy (non-hydrogen) atoms. The predicted octanol–water partition coefficient (Wildman–Crippen LogP) is 3.37. The Morgan fingerprint density at radius 2 is 2.28 bits per heavy atom. The molecule has 1 saturated heterocycles. The van der Waals surface area contributed by atoms with Crippen LogP contribution in [0.1, 0.15) is 49.8 Å². The van der Waals surface area contributed by atoms with Gasteiger partial charge in [0.15, 0.2) is 0 Å². The van der Waals surface area contributed by atoms with E-state index in [1.165, 1.54) is 49.9 Å². The topological polar surface area (TPSA) is 28.2 Å². The van der Waals surface area contributed by atoms with Crippen LogP contribution < -0.4 is 5.32 Å². The summed E-state index contributed by atoms with van der Waals surface area (Å²) in [5, 5.41) is 3.11. The van der Waals surface area contributed by atoms with Gasteiger partial charge in [0, 0.05) is 19.3 Å². The first-order valence-electron chi connectivity index (χ1n) is 7.14. The molecule has 1 aliphatic heterocycles. The lowest BCUT2D eigenvalue weighted by Gasteiger charge is -2.36. The fourth-order valence-electron chi connectivity index (χ4n) is 2.95. The number of anilines is 1. The van der Waals surface area contributed by atoms with Gasteiger partial charge in [0.1, 0.15) is 5.82 Å². The fraction of sp³-hybridized carbons (Fsp3) is 0.667. The van der Waals surface area contributed by atoms with Gasteiger partial charge in [0.05, 0.1) is 0 Å². The molecule has 1 aromatic heterocycles. The number of pyridine rings is 1. The lowest BCUT2D eigenvalue weighted by Crippen LogP contribution is -2.34. The molecule has 1 aromatic rings. The second kappa shape index (κ2) is 6.19. The molecule has 3 nitrogen and oxygen atoms in total. The van der Waals surface area contributed by atoms with Gasteiger partial charge in [-0.2, -0.15) is 0 Å². The third-order valence-corrected chi connectivity index (χ3v) is 3.89. The van der Waals surface area contributed by atoms with Crippen molar-refractivity contribution >= 4 is 5.82 Å². The first-order chi connectivity index (χ1) is 8.76. The highest BCUT2D eigenvalue weighted by atomic mass is 15.2. The number of hydrogen-bond acceptors (Lipinski definition) is 3. The molecule has 2 heterocycles. The van der Waals surface area contributed by atoms with Crippen molar-refractivity contribution in [2.75, 3.05) is 25.5 Å². The van der Waals surface area contributed by atoms with Crippen LogP contribution in [0.15, 0.2) is 12.3 Å². The fourth-order valence-corrected chi connectivity index (χ4v) is 2.95. The molecule has 1 aliphatic rings. The monoisotopic (exact) mass is 247 g/mol. The Balaban J connectivity index is 2.22. The van der Waals surface area contributed by atoms with Gasteiger partial charge in [-0.3, -0.25) is 4.90 Å². The van der Waals surface area contributed by atoms with Crippen LogP contribution in [0.5, 0.6) is 0 Å². The summed E-state index contributed by atoms with van der Waals surface area (Å²) >= 11 is 0. The van der Waals surface area contributed by atoms with Crippen LogP contribution in [-0.4, -0.2) is 30.0 Å². The minimum Gasteiger partial charge on any atom is -0.373 e. The molecule has 3 heteroatoms. The van der Waals surface area contributed by atoms with E-state index in [2.05, 4.69) is 41.3 Å². The van der Waals surface area contributed by atoms with Crippen molar-refractivity contribution in [3.05, 3.63) is 23.4 Å². The number of hydrogen-bond donors (Lipinski definition) is 1. The molecule has 1 fully saturated rings. The molecule has 0 spiro atoms. The first kappa shape index (κ1) is 13.3. The number of nitrogens with zero attached hydrogens (tertiary/aromatic N) is 2. The molecule has 0 aliphatic carbocycles. The van der Waals surface area contributed by atoms with Crippen LogP contribution in [0.4, 0.5) is 5.82 Å². The van der Waals surface area contributed by atoms with Crippen molar-refractivity contribution < 1.29 is 0 Å². The van der Waals surface area contributed by atoms with Crippen molar-refractivity contribution in [3.63, 3.8) is 0 Å². The lowest BCUT2D eigenvalue weighted by atomic mass is 9.93. The van der Waals surface area contributed by atoms with Crippen LogP contribution in [0.25, 0.3) is 0 Å². The van der Waals surface area contributed by atoms with E-state index in [0.717, 1.165) is 5.82 Å². The summed E-state index contributed by atoms with van der Waals surface area (Å²) in [6.45, 7) is 6.92. The van der Waals surface area contributed by atoms with Crippen LogP contribution in [0.3, 0.4) is 0 Å². The normalized spacial score (nSPS) is 20.9. The zero-order chi connectivity index (χ0) is 13.0. The van der Waals surface area contributed by atoms with Crippen LogP contribution in [0.2, 0.25) is 0 Å². The summed E-state index contributed by atoms with van der Waals surface area (Å²) in [7, 11) is 1.92. The van der Waals surface area contributed by atoms with Gasteiger partial charge in [-0.15, -0.1) is 0 Å². The van der Waals surface area contributed by atoms with Crippen molar-refractivity contribution in [3.8, 4) is 0 Å². The number of piperidine rings is 1. The summed E-state index contributed by atoms with van der Waals surface area (Å²) < 4.78 is 0. The lowest BCUT2D eigenvalue weighted by molar-refractivity contribution is 0.148. The van der Waals surface area contributed by atoms with E-state index < -0.39 is 0 Å². The van der Waals surface area contributed by atoms with Crippen molar-refractivity contribution in [1.82, 2.24) is 9.88 Å². The van der Waals surface area contributed by atoms with Crippen LogP contribution in [0, 0.1) is 6.92 Å². The van der Waals surface area contributed by atoms with Gasteiger partial charge in [0.2, 0.25) is 0 Å². The molecule has 0 aromatic carbocycles. The molecule has 1 unspecified atom stereocenters. The zero-order valence-electron chi connectivity index (χ0n) is 11.9. The molecule has 0 radical (unpaired) electrons. The van der Waals surface area contributed by atoms with Gasteiger partial charge in [0.25, 0.3) is 0 Å². The SMILES string of the molecule is CCCN1CCCCC1c1cnc(NC)cc1C. The van der Waals surface area contributed by atoms with Gasteiger partial charge in [-0.05, 0) is 56.5 Å². The van der Waals surface area contributed by atoms with E-state index in [1.807, 2.05) is 7.05 Å². The number of aromatic nitrogens is 1. The summed E-state index contributed by atoms with van der Waals surface area (Å²) in [6.07, 6.45) is 7.27. The molecule has 0 bridgehead atoms. The Kier molecular flexibility index (Phi) is 4.59. The van der Waals surface area contributed by atoms with E-state index in [4.69, 9.17) is 0 Å². The third kappa shape index (κ3) is 2.83. The molecule has 1 N–H and O–H groups in total. The first-order valence-corrected chi connectivity index (χ1v) is 7.14. The standard InChI is InChI=1S/C15H25N3/c1-4-8-18-9-6-5-7-14(18)13-11-17-15(16-3)10-12(13)2/h10-11,14H,4-9H2,1-3H3,(H,16,17).